The third-order valence-electron chi connectivity index (χ3n) is 2.91. The van der Waals surface area contributed by atoms with Crippen LogP contribution in [0.25, 0.3) is 10.8 Å². The fourth-order valence-corrected chi connectivity index (χ4v) is 2.24. The van der Waals surface area contributed by atoms with Crippen LogP contribution in [-0.2, 0) is 11.2 Å². The van der Waals surface area contributed by atoms with Gasteiger partial charge >= 0.3 is 0 Å². The van der Waals surface area contributed by atoms with Gasteiger partial charge in [0.25, 0.3) is 0 Å². The second kappa shape index (κ2) is 6.04. The highest BCUT2D eigenvalue weighted by Gasteiger charge is 2.06. The maximum atomic E-state index is 6.27. The predicted molar refractivity (Wildman–Crippen MR) is 73.8 cm³/mol. The number of hydrogen-bond donors (Lipinski definition) is 0. The lowest BCUT2D eigenvalue weighted by Gasteiger charge is -2.09. The Kier molecular flexibility index (Phi) is 4.41. The SMILES string of the molecule is COCCC(Cl)Cc1ccc2ccccc2c1. The monoisotopic (exact) mass is 248 g/mol. The van der Waals surface area contributed by atoms with Crippen molar-refractivity contribution in [3.63, 3.8) is 0 Å². The molecule has 0 saturated heterocycles. The molecule has 0 radical (unpaired) electrons. The molecule has 0 saturated carbocycles. The van der Waals surface area contributed by atoms with Crippen LogP contribution in [0.1, 0.15) is 12.0 Å². The molecular weight excluding hydrogens is 232 g/mol. The van der Waals surface area contributed by atoms with E-state index in [0.717, 1.165) is 19.4 Å². The Labute approximate surface area is 107 Å². The molecule has 2 aromatic rings. The fraction of sp³-hybridized carbons (Fsp3) is 0.333. The van der Waals surface area contributed by atoms with E-state index >= 15 is 0 Å². The van der Waals surface area contributed by atoms with Gasteiger partial charge in [0.2, 0.25) is 0 Å². The first-order valence-corrected chi connectivity index (χ1v) is 6.34. The molecule has 2 aromatic carbocycles. The van der Waals surface area contributed by atoms with Crippen molar-refractivity contribution in [2.75, 3.05) is 13.7 Å². The van der Waals surface area contributed by atoms with E-state index in [0.29, 0.717) is 0 Å². The summed E-state index contributed by atoms with van der Waals surface area (Å²) < 4.78 is 5.04. The lowest BCUT2D eigenvalue weighted by molar-refractivity contribution is 0.194. The first kappa shape index (κ1) is 12.4. The molecule has 1 atom stereocenters. The van der Waals surface area contributed by atoms with Gasteiger partial charge in [-0.1, -0.05) is 42.5 Å². The number of ether oxygens (including phenoxy) is 1. The summed E-state index contributed by atoms with van der Waals surface area (Å²) in [5, 5.41) is 2.70. The van der Waals surface area contributed by atoms with Crippen LogP contribution < -0.4 is 0 Å². The van der Waals surface area contributed by atoms with E-state index in [9.17, 15) is 0 Å². The Morgan fingerprint density at radius 2 is 1.88 bits per heavy atom. The van der Waals surface area contributed by atoms with Crippen molar-refractivity contribution in [2.45, 2.75) is 18.2 Å². The summed E-state index contributed by atoms with van der Waals surface area (Å²) in [6.45, 7) is 0.724. The standard InChI is InChI=1S/C15H17ClO/c1-17-9-8-15(16)11-12-6-7-13-4-2-3-5-14(13)10-12/h2-7,10,15H,8-9,11H2,1H3. The average Bonchev–Trinajstić information content (AvgIpc) is 2.36. The van der Waals surface area contributed by atoms with Crippen LogP contribution in [-0.4, -0.2) is 19.1 Å². The van der Waals surface area contributed by atoms with Crippen LogP contribution in [0.3, 0.4) is 0 Å². The van der Waals surface area contributed by atoms with Gasteiger partial charge in [0, 0.05) is 19.1 Å². The second-order valence-electron chi connectivity index (χ2n) is 4.26. The van der Waals surface area contributed by atoms with Crippen molar-refractivity contribution in [2.24, 2.45) is 0 Å². The lowest BCUT2D eigenvalue weighted by Crippen LogP contribution is -2.06. The van der Waals surface area contributed by atoms with E-state index in [1.807, 2.05) is 0 Å². The molecule has 0 fully saturated rings. The third-order valence-corrected chi connectivity index (χ3v) is 3.28. The number of alkyl halides is 1. The molecule has 0 bridgehead atoms. The average molecular weight is 249 g/mol. The van der Waals surface area contributed by atoms with Crippen LogP contribution in [0.15, 0.2) is 42.5 Å². The van der Waals surface area contributed by atoms with Gasteiger partial charge in [-0.05, 0) is 29.2 Å². The van der Waals surface area contributed by atoms with E-state index in [2.05, 4.69) is 42.5 Å². The zero-order valence-corrected chi connectivity index (χ0v) is 10.8. The van der Waals surface area contributed by atoms with E-state index in [-0.39, 0.29) is 5.38 Å². The first-order valence-electron chi connectivity index (χ1n) is 5.90. The Morgan fingerprint density at radius 1 is 1.12 bits per heavy atom. The van der Waals surface area contributed by atoms with Gasteiger partial charge in [0.1, 0.15) is 0 Å². The molecular formula is C15H17ClO. The van der Waals surface area contributed by atoms with Gasteiger partial charge < -0.3 is 4.74 Å². The summed E-state index contributed by atoms with van der Waals surface area (Å²) in [4.78, 5) is 0. The quantitative estimate of drug-likeness (QED) is 0.726. The van der Waals surface area contributed by atoms with E-state index in [1.54, 1.807) is 7.11 Å². The smallest absolute Gasteiger partial charge is 0.0476 e. The van der Waals surface area contributed by atoms with Crippen LogP contribution in [0.4, 0.5) is 0 Å². The zero-order chi connectivity index (χ0) is 12.1. The zero-order valence-electron chi connectivity index (χ0n) is 10.0. The Balaban J connectivity index is 2.08. The van der Waals surface area contributed by atoms with Crippen molar-refractivity contribution in [3.8, 4) is 0 Å². The van der Waals surface area contributed by atoms with Crippen LogP contribution >= 0.6 is 11.6 Å². The summed E-state index contributed by atoms with van der Waals surface area (Å²) in [5.41, 5.74) is 1.29. The van der Waals surface area contributed by atoms with E-state index < -0.39 is 0 Å². The molecule has 0 amide bonds. The molecule has 0 spiro atoms. The normalized spacial score (nSPS) is 12.8. The summed E-state index contributed by atoms with van der Waals surface area (Å²) in [6.07, 6.45) is 1.79. The molecule has 0 heterocycles. The molecule has 17 heavy (non-hydrogen) atoms. The molecule has 90 valence electrons. The maximum absolute atomic E-state index is 6.27. The molecule has 2 rings (SSSR count). The maximum Gasteiger partial charge on any atom is 0.0476 e. The molecule has 0 aliphatic carbocycles. The van der Waals surface area contributed by atoms with E-state index in [1.165, 1.54) is 16.3 Å². The molecule has 1 nitrogen and oxygen atoms in total. The Morgan fingerprint density at radius 3 is 2.65 bits per heavy atom. The Bertz CT molecular complexity index is 481. The fourth-order valence-electron chi connectivity index (χ4n) is 1.97. The molecule has 0 aliphatic heterocycles. The number of hydrogen-bond acceptors (Lipinski definition) is 1. The third kappa shape index (κ3) is 3.45. The van der Waals surface area contributed by atoms with Gasteiger partial charge in [-0.3, -0.25) is 0 Å². The number of rotatable bonds is 5. The molecule has 0 N–H and O–H groups in total. The predicted octanol–water partition coefficient (Wildman–Crippen LogP) is 4.03. The molecule has 2 heteroatoms. The van der Waals surface area contributed by atoms with Crippen molar-refractivity contribution in [1.82, 2.24) is 0 Å². The highest BCUT2D eigenvalue weighted by atomic mass is 35.5. The minimum atomic E-state index is 0.149. The van der Waals surface area contributed by atoms with Crippen LogP contribution in [0, 0.1) is 0 Å². The van der Waals surface area contributed by atoms with Crippen LogP contribution in [0.5, 0.6) is 0 Å². The van der Waals surface area contributed by atoms with Crippen molar-refractivity contribution < 1.29 is 4.74 Å². The minimum Gasteiger partial charge on any atom is -0.385 e. The largest absolute Gasteiger partial charge is 0.385 e. The summed E-state index contributed by atoms with van der Waals surface area (Å²) in [7, 11) is 1.71. The van der Waals surface area contributed by atoms with Crippen molar-refractivity contribution in [1.29, 1.82) is 0 Å². The highest BCUT2D eigenvalue weighted by molar-refractivity contribution is 6.20. The second-order valence-corrected chi connectivity index (χ2v) is 4.88. The number of halogens is 1. The molecule has 1 unspecified atom stereocenters. The molecule has 0 aromatic heterocycles. The van der Waals surface area contributed by atoms with Crippen molar-refractivity contribution in [3.05, 3.63) is 48.0 Å². The summed E-state index contributed by atoms with van der Waals surface area (Å²) in [5.74, 6) is 0. The van der Waals surface area contributed by atoms with Gasteiger partial charge in [-0.25, -0.2) is 0 Å². The Hall–Kier alpha value is -1.05. The van der Waals surface area contributed by atoms with Gasteiger partial charge in [-0.15, -0.1) is 11.6 Å². The van der Waals surface area contributed by atoms with Crippen LogP contribution in [0.2, 0.25) is 0 Å². The van der Waals surface area contributed by atoms with Crippen molar-refractivity contribution >= 4 is 22.4 Å². The number of fused-ring (bicyclic) bond motifs is 1. The van der Waals surface area contributed by atoms with E-state index in [4.69, 9.17) is 16.3 Å². The number of methoxy groups -OCH3 is 1. The van der Waals surface area contributed by atoms with Gasteiger partial charge in [-0.2, -0.15) is 0 Å². The lowest BCUT2D eigenvalue weighted by atomic mass is 10.0. The van der Waals surface area contributed by atoms with Gasteiger partial charge in [0.15, 0.2) is 0 Å². The summed E-state index contributed by atoms with van der Waals surface area (Å²) >= 11 is 6.27. The first-order chi connectivity index (χ1) is 8.29. The topological polar surface area (TPSA) is 9.23 Å². The summed E-state index contributed by atoms with van der Waals surface area (Å²) in [6, 6.07) is 14.9. The minimum absolute atomic E-state index is 0.149. The molecule has 0 aliphatic rings. The number of benzene rings is 2. The highest BCUT2D eigenvalue weighted by Crippen LogP contribution is 2.18. The van der Waals surface area contributed by atoms with Gasteiger partial charge in [0.05, 0.1) is 0 Å².